The van der Waals surface area contributed by atoms with Gasteiger partial charge in [-0.25, -0.2) is 0 Å². The van der Waals surface area contributed by atoms with Gasteiger partial charge in [0.25, 0.3) is 17.7 Å². The van der Waals surface area contributed by atoms with Crippen LogP contribution in [-0.4, -0.2) is 41.6 Å². The van der Waals surface area contributed by atoms with E-state index in [2.05, 4.69) is 10.2 Å². The molecule has 8 nitrogen and oxygen atoms in total. The predicted molar refractivity (Wildman–Crippen MR) is 136 cm³/mol. The average molecular weight is 483 g/mol. The highest BCUT2D eigenvalue weighted by Gasteiger charge is 2.36. The zero-order valence-electron chi connectivity index (χ0n) is 19.7. The molecule has 2 aliphatic heterocycles. The molecule has 1 fully saturated rings. The number of imide groups is 1. The van der Waals surface area contributed by atoms with Crippen molar-refractivity contribution in [2.24, 2.45) is 5.73 Å². The quantitative estimate of drug-likeness (QED) is 0.519. The molecule has 3 aromatic carbocycles. The van der Waals surface area contributed by atoms with Crippen molar-refractivity contribution in [3.63, 3.8) is 0 Å². The number of nitrogens with one attached hydrogen (secondary N) is 1. The number of carbonyl (C=O) groups is 4. The maximum atomic E-state index is 13.2. The Kier molecular flexibility index (Phi) is 6.25. The van der Waals surface area contributed by atoms with Gasteiger partial charge in [-0.15, -0.1) is 0 Å². The summed E-state index contributed by atoms with van der Waals surface area (Å²) in [5, 5.41) is 2.89. The van der Waals surface area contributed by atoms with E-state index in [-0.39, 0.29) is 34.7 Å². The summed E-state index contributed by atoms with van der Waals surface area (Å²) in [6, 6.07) is 18.8. The SMILES string of the molecule is NC(=O)c1ccc(N2CCCCC2)c(NC(=O)c2ccc3c(c2)C(=O)N(Cc2ccccc2)C3=O)c1. The number of benzene rings is 3. The van der Waals surface area contributed by atoms with Crippen LogP contribution in [0.3, 0.4) is 0 Å². The number of rotatable bonds is 6. The van der Waals surface area contributed by atoms with Crippen LogP contribution >= 0.6 is 0 Å². The van der Waals surface area contributed by atoms with Gasteiger partial charge in [0.15, 0.2) is 0 Å². The molecule has 0 unspecified atom stereocenters. The van der Waals surface area contributed by atoms with Crippen LogP contribution in [0.5, 0.6) is 0 Å². The third kappa shape index (κ3) is 4.45. The minimum absolute atomic E-state index is 0.161. The molecule has 2 aliphatic rings. The zero-order chi connectivity index (χ0) is 25.2. The molecule has 0 atom stereocenters. The van der Waals surface area contributed by atoms with E-state index in [1.807, 2.05) is 30.3 Å². The summed E-state index contributed by atoms with van der Waals surface area (Å²) in [4.78, 5) is 54.3. The van der Waals surface area contributed by atoms with E-state index in [1.165, 1.54) is 23.1 Å². The first-order valence-electron chi connectivity index (χ1n) is 12.0. The van der Waals surface area contributed by atoms with Gasteiger partial charge in [0.2, 0.25) is 5.91 Å². The minimum Gasteiger partial charge on any atom is -0.370 e. The molecule has 3 aromatic rings. The predicted octanol–water partition coefficient (Wildman–Crippen LogP) is 3.82. The molecular formula is C28H26N4O4. The lowest BCUT2D eigenvalue weighted by Crippen LogP contribution is -2.30. The fourth-order valence-electron chi connectivity index (χ4n) is 4.74. The lowest BCUT2D eigenvalue weighted by Gasteiger charge is -2.30. The molecule has 182 valence electrons. The molecule has 36 heavy (non-hydrogen) atoms. The number of hydrogen-bond donors (Lipinski definition) is 2. The van der Waals surface area contributed by atoms with Crippen molar-refractivity contribution in [2.75, 3.05) is 23.3 Å². The van der Waals surface area contributed by atoms with E-state index < -0.39 is 17.7 Å². The Labute approximate surface area is 208 Å². The third-order valence-corrected chi connectivity index (χ3v) is 6.64. The average Bonchev–Trinajstić information content (AvgIpc) is 3.14. The van der Waals surface area contributed by atoms with E-state index in [9.17, 15) is 19.2 Å². The zero-order valence-corrected chi connectivity index (χ0v) is 19.7. The standard InChI is InChI=1S/C28H26N4O4/c29-25(33)19-10-12-24(31-13-5-2-6-14-31)23(16-19)30-26(34)20-9-11-21-22(15-20)28(36)32(27(21)35)17-18-7-3-1-4-8-18/h1,3-4,7-12,15-16H,2,5-6,13-14,17H2,(H2,29,33)(H,30,34). The van der Waals surface area contributed by atoms with Crippen LogP contribution in [0, 0.1) is 0 Å². The summed E-state index contributed by atoms with van der Waals surface area (Å²) < 4.78 is 0. The second-order valence-electron chi connectivity index (χ2n) is 9.04. The summed E-state index contributed by atoms with van der Waals surface area (Å²) in [6.07, 6.45) is 3.25. The molecule has 0 bridgehead atoms. The van der Waals surface area contributed by atoms with Gasteiger partial charge in [0, 0.05) is 24.2 Å². The van der Waals surface area contributed by atoms with Gasteiger partial charge in [-0.05, 0) is 61.2 Å². The van der Waals surface area contributed by atoms with Crippen molar-refractivity contribution in [2.45, 2.75) is 25.8 Å². The maximum Gasteiger partial charge on any atom is 0.261 e. The number of anilines is 2. The number of nitrogens with two attached hydrogens (primary N) is 1. The fraction of sp³-hybridized carbons (Fsp3) is 0.214. The van der Waals surface area contributed by atoms with Crippen molar-refractivity contribution >= 4 is 35.0 Å². The van der Waals surface area contributed by atoms with Crippen LogP contribution in [0.4, 0.5) is 11.4 Å². The lowest BCUT2D eigenvalue weighted by molar-refractivity contribution is 0.0642. The van der Waals surface area contributed by atoms with Gasteiger partial charge in [0.1, 0.15) is 0 Å². The molecule has 0 spiro atoms. The van der Waals surface area contributed by atoms with E-state index in [0.717, 1.165) is 43.6 Å². The molecule has 2 heterocycles. The van der Waals surface area contributed by atoms with E-state index in [0.29, 0.717) is 5.69 Å². The van der Waals surface area contributed by atoms with Gasteiger partial charge in [-0.1, -0.05) is 30.3 Å². The highest BCUT2D eigenvalue weighted by atomic mass is 16.2. The van der Waals surface area contributed by atoms with Gasteiger partial charge in [-0.2, -0.15) is 0 Å². The number of nitrogens with zero attached hydrogens (tertiary/aromatic N) is 2. The first-order valence-corrected chi connectivity index (χ1v) is 12.0. The normalized spacial score (nSPS) is 15.1. The molecule has 0 saturated carbocycles. The van der Waals surface area contributed by atoms with Crippen LogP contribution in [0.1, 0.15) is 66.3 Å². The summed E-state index contributed by atoms with van der Waals surface area (Å²) in [7, 11) is 0. The Morgan fingerprint density at radius 2 is 1.50 bits per heavy atom. The molecule has 0 aromatic heterocycles. The van der Waals surface area contributed by atoms with Gasteiger partial charge in [-0.3, -0.25) is 24.1 Å². The Hall–Kier alpha value is -4.46. The summed E-state index contributed by atoms with van der Waals surface area (Å²) >= 11 is 0. The Morgan fingerprint density at radius 1 is 0.806 bits per heavy atom. The first-order chi connectivity index (χ1) is 17.4. The molecule has 0 aliphatic carbocycles. The Morgan fingerprint density at radius 3 is 2.22 bits per heavy atom. The number of fused-ring (bicyclic) bond motifs is 1. The molecule has 8 heteroatoms. The Bertz CT molecular complexity index is 1360. The van der Waals surface area contributed by atoms with Crippen LogP contribution < -0.4 is 16.0 Å². The van der Waals surface area contributed by atoms with Gasteiger partial charge < -0.3 is 16.0 Å². The fourth-order valence-corrected chi connectivity index (χ4v) is 4.74. The monoisotopic (exact) mass is 482 g/mol. The van der Waals surface area contributed by atoms with Gasteiger partial charge in [0.05, 0.1) is 29.0 Å². The van der Waals surface area contributed by atoms with Crippen molar-refractivity contribution < 1.29 is 19.2 Å². The molecule has 4 amide bonds. The number of piperidine rings is 1. The van der Waals surface area contributed by atoms with E-state index in [1.54, 1.807) is 18.2 Å². The Balaban J connectivity index is 1.40. The van der Waals surface area contributed by atoms with Gasteiger partial charge >= 0.3 is 0 Å². The second kappa shape index (κ2) is 9.65. The highest BCUT2D eigenvalue weighted by molar-refractivity contribution is 6.22. The topological polar surface area (TPSA) is 113 Å². The minimum atomic E-state index is -0.587. The largest absolute Gasteiger partial charge is 0.370 e. The van der Waals surface area contributed by atoms with Crippen LogP contribution in [0.15, 0.2) is 66.7 Å². The first kappa shape index (κ1) is 23.3. The van der Waals surface area contributed by atoms with Crippen molar-refractivity contribution in [3.8, 4) is 0 Å². The number of hydrogen-bond acceptors (Lipinski definition) is 5. The van der Waals surface area contributed by atoms with Crippen LogP contribution in [-0.2, 0) is 6.54 Å². The van der Waals surface area contributed by atoms with Crippen molar-refractivity contribution in [1.29, 1.82) is 0 Å². The lowest BCUT2D eigenvalue weighted by atomic mass is 10.0. The summed E-state index contributed by atoms with van der Waals surface area (Å²) in [6.45, 7) is 1.87. The van der Waals surface area contributed by atoms with Crippen molar-refractivity contribution in [3.05, 3.63) is 94.5 Å². The second-order valence-corrected chi connectivity index (χ2v) is 9.04. The molecule has 1 saturated heterocycles. The smallest absolute Gasteiger partial charge is 0.261 e. The number of carbonyl (C=O) groups excluding carboxylic acids is 4. The maximum absolute atomic E-state index is 13.2. The molecular weight excluding hydrogens is 456 g/mol. The number of primary amides is 1. The molecule has 5 rings (SSSR count). The van der Waals surface area contributed by atoms with Crippen LogP contribution in [0.25, 0.3) is 0 Å². The van der Waals surface area contributed by atoms with Crippen molar-refractivity contribution in [1.82, 2.24) is 4.90 Å². The molecule has 3 N–H and O–H groups in total. The number of amides is 4. The summed E-state index contributed by atoms with van der Waals surface area (Å²) in [5.74, 6) is -1.85. The van der Waals surface area contributed by atoms with E-state index in [4.69, 9.17) is 5.73 Å². The van der Waals surface area contributed by atoms with Crippen LogP contribution in [0.2, 0.25) is 0 Å². The van der Waals surface area contributed by atoms with E-state index >= 15 is 0 Å². The summed E-state index contributed by atoms with van der Waals surface area (Å²) in [5.41, 5.74) is 8.61. The molecule has 0 radical (unpaired) electrons. The highest BCUT2D eigenvalue weighted by Crippen LogP contribution is 2.31. The third-order valence-electron chi connectivity index (χ3n) is 6.64.